The molecular formula is C29H62O2S. The molecule has 0 amide bonds. The Morgan fingerprint density at radius 1 is 0.469 bits per heavy atom. The van der Waals surface area contributed by atoms with Gasteiger partial charge in [0.2, 0.25) is 0 Å². The van der Waals surface area contributed by atoms with Crippen molar-refractivity contribution in [3.8, 4) is 0 Å². The van der Waals surface area contributed by atoms with Crippen LogP contribution in [0.25, 0.3) is 0 Å². The average Bonchev–Trinajstić information content (AvgIpc) is 2.80. The Morgan fingerprint density at radius 2 is 0.688 bits per heavy atom. The molecule has 0 aliphatic rings. The van der Waals surface area contributed by atoms with Gasteiger partial charge in [0.15, 0.2) is 0 Å². The van der Waals surface area contributed by atoms with Crippen LogP contribution in [0.15, 0.2) is 0 Å². The van der Waals surface area contributed by atoms with Gasteiger partial charge in [0, 0.05) is 0 Å². The van der Waals surface area contributed by atoms with Crippen LogP contribution in [0, 0.1) is 0 Å². The van der Waals surface area contributed by atoms with Crippen molar-refractivity contribution in [3.63, 3.8) is 0 Å². The van der Waals surface area contributed by atoms with E-state index >= 15 is 0 Å². The fraction of sp³-hybridized carbons (Fsp3) is 1.00. The van der Waals surface area contributed by atoms with E-state index in [4.69, 9.17) is 10.2 Å². The number of aliphatic hydroxyl groups excluding tert-OH is 2. The second-order valence-electron chi connectivity index (χ2n) is 9.72. The molecule has 1 unspecified atom stereocenters. The van der Waals surface area contributed by atoms with E-state index in [1.165, 1.54) is 160 Å². The van der Waals surface area contributed by atoms with Crippen LogP contribution in [0.3, 0.4) is 0 Å². The number of hydrogen-bond acceptors (Lipinski definition) is 3. The fourth-order valence-electron chi connectivity index (χ4n) is 3.84. The first-order valence-corrected chi connectivity index (χ1v) is 15.7. The molecule has 2 nitrogen and oxygen atoms in total. The molecule has 0 aliphatic heterocycles. The monoisotopic (exact) mass is 474 g/mol. The van der Waals surface area contributed by atoms with Gasteiger partial charge in [-0.25, -0.2) is 0 Å². The summed E-state index contributed by atoms with van der Waals surface area (Å²) in [5.41, 5.74) is 0. The predicted octanol–water partition coefficient (Wildman–Crippen LogP) is 9.70. The molecule has 0 heterocycles. The smallest absolute Gasteiger partial charge is 0.0742 e. The number of thioether (sulfide) groups is 1. The van der Waals surface area contributed by atoms with Gasteiger partial charge in [0.1, 0.15) is 0 Å². The zero-order valence-corrected chi connectivity index (χ0v) is 23.4. The molecule has 2 N–H and O–H groups in total. The van der Waals surface area contributed by atoms with Gasteiger partial charge in [0.05, 0.1) is 12.7 Å². The summed E-state index contributed by atoms with van der Waals surface area (Å²) in [4.78, 5) is 0. The normalized spacial score (nSPS) is 11.9. The number of rotatable bonds is 25. The maximum Gasteiger partial charge on any atom is 0.0742 e. The van der Waals surface area contributed by atoms with Crippen LogP contribution in [0.1, 0.15) is 162 Å². The zero-order chi connectivity index (χ0) is 24.0. The van der Waals surface area contributed by atoms with E-state index in [2.05, 4.69) is 25.6 Å². The third kappa shape index (κ3) is 37.6. The maximum absolute atomic E-state index is 8.11. The lowest BCUT2D eigenvalue weighted by Crippen LogP contribution is -2.03. The van der Waals surface area contributed by atoms with Crippen molar-refractivity contribution < 1.29 is 10.2 Å². The van der Waals surface area contributed by atoms with Crippen LogP contribution in [0.5, 0.6) is 0 Å². The molecule has 0 spiro atoms. The van der Waals surface area contributed by atoms with Crippen molar-refractivity contribution in [2.24, 2.45) is 0 Å². The van der Waals surface area contributed by atoms with Crippen molar-refractivity contribution >= 4 is 11.8 Å². The first kappa shape index (κ1) is 34.4. The summed E-state index contributed by atoms with van der Waals surface area (Å²) in [6.07, 6.45) is 31.6. The Morgan fingerprint density at radius 3 is 0.906 bits per heavy atom. The lowest BCUT2D eigenvalue weighted by Gasteiger charge is -2.04. The summed E-state index contributed by atoms with van der Waals surface area (Å²) in [6.45, 7) is 5.99. The Balaban J connectivity index is 0. The molecule has 196 valence electrons. The topological polar surface area (TPSA) is 40.5 Å². The minimum absolute atomic E-state index is 0.139. The van der Waals surface area contributed by atoms with Crippen molar-refractivity contribution in [1.82, 2.24) is 0 Å². The van der Waals surface area contributed by atoms with Crippen LogP contribution in [-0.2, 0) is 0 Å². The molecule has 32 heavy (non-hydrogen) atoms. The minimum atomic E-state index is -0.560. The Bertz CT molecular complexity index is 273. The molecule has 0 aromatic rings. The Kier molecular flexibility index (Phi) is 36.0. The highest BCUT2D eigenvalue weighted by molar-refractivity contribution is 7.99. The van der Waals surface area contributed by atoms with Crippen molar-refractivity contribution in [2.75, 3.05) is 18.1 Å². The van der Waals surface area contributed by atoms with E-state index in [1.807, 2.05) is 0 Å². The molecule has 0 saturated heterocycles. The molecule has 0 aliphatic carbocycles. The SMILES string of the molecule is CC(O)CO.CCCCCCCCCCCCCSCCCCCCCCCCCCC. The van der Waals surface area contributed by atoms with Gasteiger partial charge in [-0.15, -0.1) is 0 Å². The summed E-state index contributed by atoms with van der Waals surface area (Å²) in [7, 11) is 0. The molecule has 0 fully saturated rings. The van der Waals surface area contributed by atoms with E-state index in [0.29, 0.717) is 0 Å². The van der Waals surface area contributed by atoms with Crippen LogP contribution < -0.4 is 0 Å². The lowest BCUT2D eigenvalue weighted by atomic mass is 10.1. The number of aliphatic hydroxyl groups is 2. The van der Waals surface area contributed by atoms with Gasteiger partial charge in [-0.3, -0.25) is 0 Å². The van der Waals surface area contributed by atoms with E-state index in [9.17, 15) is 0 Å². The van der Waals surface area contributed by atoms with Crippen LogP contribution >= 0.6 is 11.8 Å². The summed E-state index contributed by atoms with van der Waals surface area (Å²) >= 11 is 2.21. The molecule has 0 rings (SSSR count). The van der Waals surface area contributed by atoms with E-state index < -0.39 is 6.10 Å². The van der Waals surface area contributed by atoms with Crippen molar-refractivity contribution in [2.45, 2.75) is 168 Å². The molecule has 0 aromatic heterocycles. The van der Waals surface area contributed by atoms with Gasteiger partial charge in [-0.2, -0.15) is 11.8 Å². The van der Waals surface area contributed by atoms with Gasteiger partial charge in [0.25, 0.3) is 0 Å². The van der Waals surface area contributed by atoms with E-state index in [1.54, 1.807) is 0 Å². The zero-order valence-electron chi connectivity index (χ0n) is 22.6. The average molecular weight is 475 g/mol. The summed E-state index contributed by atoms with van der Waals surface area (Å²) < 4.78 is 0. The first-order valence-electron chi connectivity index (χ1n) is 14.6. The third-order valence-electron chi connectivity index (χ3n) is 6.05. The van der Waals surface area contributed by atoms with Crippen LogP contribution in [0.4, 0.5) is 0 Å². The Hall–Kier alpha value is 0.270. The molecule has 0 saturated carbocycles. The molecule has 3 heteroatoms. The van der Waals surface area contributed by atoms with E-state index in [0.717, 1.165) is 0 Å². The third-order valence-corrected chi connectivity index (χ3v) is 7.20. The summed E-state index contributed by atoms with van der Waals surface area (Å²) in [5, 5.41) is 16.0. The van der Waals surface area contributed by atoms with E-state index in [-0.39, 0.29) is 6.61 Å². The maximum atomic E-state index is 8.11. The molecule has 0 bridgehead atoms. The molecular weight excluding hydrogens is 412 g/mol. The van der Waals surface area contributed by atoms with Gasteiger partial charge < -0.3 is 10.2 Å². The summed E-state index contributed by atoms with van der Waals surface area (Å²) in [5.74, 6) is 2.82. The molecule has 0 radical (unpaired) electrons. The van der Waals surface area contributed by atoms with Gasteiger partial charge in [-0.1, -0.05) is 142 Å². The number of unbranched alkanes of at least 4 members (excludes halogenated alkanes) is 20. The molecule has 1 atom stereocenters. The highest BCUT2D eigenvalue weighted by Crippen LogP contribution is 2.15. The second-order valence-corrected chi connectivity index (χ2v) is 10.9. The quantitative estimate of drug-likeness (QED) is 0.129. The van der Waals surface area contributed by atoms with Gasteiger partial charge >= 0.3 is 0 Å². The second kappa shape index (κ2) is 33.4. The lowest BCUT2D eigenvalue weighted by molar-refractivity contribution is 0.110. The largest absolute Gasteiger partial charge is 0.394 e. The Labute approximate surface area is 208 Å². The van der Waals surface area contributed by atoms with Crippen molar-refractivity contribution in [1.29, 1.82) is 0 Å². The van der Waals surface area contributed by atoms with Crippen molar-refractivity contribution in [3.05, 3.63) is 0 Å². The standard InChI is InChI=1S/C26H54S.C3H8O2/c1-3-5-7-9-11-13-15-17-19-21-23-25-27-26-24-22-20-18-16-14-12-10-8-6-4-2;1-3(5)2-4/h3-26H2,1-2H3;3-5H,2H2,1H3. The minimum Gasteiger partial charge on any atom is -0.394 e. The predicted molar refractivity (Wildman–Crippen MR) is 149 cm³/mol. The van der Waals surface area contributed by atoms with Crippen LogP contribution in [-0.4, -0.2) is 34.4 Å². The first-order chi connectivity index (χ1) is 15.7. The van der Waals surface area contributed by atoms with Gasteiger partial charge in [-0.05, 0) is 31.3 Å². The highest BCUT2D eigenvalue weighted by Gasteiger charge is 1.96. The highest BCUT2D eigenvalue weighted by atomic mass is 32.2. The summed E-state index contributed by atoms with van der Waals surface area (Å²) in [6, 6.07) is 0. The fourth-order valence-corrected chi connectivity index (χ4v) is 4.86. The number of hydrogen-bond donors (Lipinski definition) is 2. The van der Waals surface area contributed by atoms with Crippen LogP contribution in [0.2, 0.25) is 0 Å². The molecule has 0 aromatic carbocycles.